The molecule has 1 aromatic carbocycles. The molecule has 0 spiro atoms. The molecule has 0 saturated carbocycles. The molecule has 3 nitrogen and oxygen atoms in total. The molecule has 19 heavy (non-hydrogen) atoms. The Morgan fingerprint density at radius 2 is 2.11 bits per heavy atom. The first-order valence-electron chi connectivity index (χ1n) is 6.85. The van der Waals surface area contributed by atoms with Gasteiger partial charge in [-0.1, -0.05) is 30.4 Å². The minimum Gasteiger partial charge on any atom is -0.326 e. The molecule has 1 aliphatic rings. The van der Waals surface area contributed by atoms with Crippen molar-refractivity contribution in [3.63, 3.8) is 0 Å². The summed E-state index contributed by atoms with van der Waals surface area (Å²) in [5.74, 6) is 0.271. The van der Waals surface area contributed by atoms with Crippen LogP contribution in [-0.4, -0.2) is 24.9 Å². The van der Waals surface area contributed by atoms with Crippen LogP contribution in [0.15, 0.2) is 36.4 Å². The number of para-hydroxylation sites is 1. The monoisotopic (exact) mass is 258 g/mol. The van der Waals surface area contributed by atoms with Gasteiger partial charge in [-0.3, -0.25) is 4.79 Å². The van der Waals surface area contributed by atoms with E-state index in [9.17, 15) is 4.79 Å². The van der Waals surface area contributed by atoms with Crippen molar-refractivity contribution in [2.75, 3.05) is 19.4 Å². The van der Waals surface area contributed by atoms with Crippen molar-refractivity contribution in [2.45, 2.75) is 25.8 Å². The fraction of sp³-hybridized carbons (Fsp3) is 0.438. The van der Waals surface area contributed by atoms with Crippen LogP contribution in [0, 0.1) is 5.92 Å². The Labute approximate surface area is 115 Å². The first-order valence-corrected chi connectivity index (χ1v) is 6.85. The molecule has 1 aliphatic carbocycles. The summed E-state index contributed by atoms with van der Waals surface area (Å²) in [6, 6.07) is 8.03. The van der Waals surface area contributed by atoms with Crippen LogP contribution in [-0.2, 0) is 11.3 Å². The van der Waals surface area contributed by atoms with Gasteiger partial charge in [0.15, 0.2) is 0 Å². The average molecular weight is 258 g/mol. The van der Waals surface area contributed by atoms with Gasteiger partial charge in [-0.2, -0.15) is 0 Å². The lowest BCUT2D eigenvalue weighted by atomic mass is 9.93. The zero-order valence-corrected chi connectivity index (χ0v) is 11.7. The molecule has 0 heterocycles. The van der Waals surface area contributed by atoms with Crippen molar-refractivity contribution in [3.8, 4) is 0 Å². The van der Waals surface area contributed by atoms with E-state index in [0.29, 0.717) is 0 Å². The second-order valence-corrected chi connectivity index (χ2v) is 5.37. The topological polar surface area (TPSA) is 32.3 Å². The summed E-state index contributed by atoms with van der Waals surface area (Å²) < 4.78 is 0. The summed E-state index contributed by atoms with van der Waals surface area (Å²) in [7, 11) is 4.06. The summed E-state index contributed by atoms with van der Waals surface area (Å²) in [5, 5.41) is 3.09. The second kappa shape index (κ2) is 6.53. The van der Waals surface area contributed by atoms with Crippen LogP contribution in [0.25, 0.3) is 0 Å². The van der Waals surface area contributed by atoms with Gasteiger partial charge < -0.3 is 10.2 Å². The van der Waals surface area contributed by atoms with Crippen LogP contribution in [0.3, 0.4) is 0 Å². The third-order valence-corrected chi connectivity index (χ3v) is 3.40. The molecular weight excluding hydrogens is 236 g/mol. The number of nitrogens with one attached hydrogen (secondary N) is 1. The van der Waals surface area contributed by atoms with Crippen molar-refractivity contribution >= 4 is 11.6 Å². The maximum atomic E-state index is 12.2. The van der Waals surface area contributed by atoms with Crippen molar-refractivity contribution < 1.29 is 4.79 Å². The van der Waals surface area contributed by atoms with Crippen LogP contribution in [0.1, 0.15) is 24.8 Å². The Morgan fingerprint density at radius 3 is 2.79 bits per heavy atom. The van der Waals surface area contributed by atoms with Crippen LogP contribution < -0.4 is 5.32 Å². The zero-order chi connectivity index (χ0) is 13.7. The molecule has 0 unspecified atom stereocenters. The van der Waals surface area contributed by atoms with E-state index in [2.05, 4.69) is 28.4 Å². The van der Waals surface area contributed by atoms with Gasteiger partial charge >= 0.3 is 0 Å². The third-order valence-electron chi connectivity index (χ3n) is 3.40. The molecule has 2 rings (SSSR count). The highest BCUT2D eigenvalue weighted by molar-refractivity contribution is 5.93. The molecule has 0 bridgehead atoms. The number of carbonyl (C=O) groups excluding carboxylic acids is 1. The van der Waals surface area contributed by atoms with Gasteiger partial charge in [-0.05, 0) is 45.0 Å². The van der Waals surface area contributed by atoms with Crippen LogP contribution in [0.2, 0.25) is 0 Å². The van der Waals surface area contributed by atoms with Crippen LogP contribution in [0.4, 0.5) is 5.69 Å². The number of hydrogen-bond acceptors (Lipinski definition) is 2. The molecule has 0 radical (unpaired) electrons. The molecule has 0 fully saturated rings. The molecule has 0 aliphatic heterocycles. The van der Waals surface area contributed by atoms with E-state index in [1.807, 2.05) is 32.3 Å². The number of hydrogen-bond donors (Lipinski definition) is 1. The molecular formula is C16H22N2O. The minimum atomic E-state index is 0.123. The lowest BCUT2D eigenvalue weighted by Crippen LogP contribution is -2.24. The summed E-state index contributed by atoms with van der Waals surface area (Å²) in [5.41, 5.74) is 2.10. The number of rotatable bonds is 4. The molecule has 1 atom stereocenters. The standard InChI is InChI=1S/C16H22N2O/c1-18(2)12-14-10-6-7-11-15(14)17-16(19)13-8-4-3-5-9-13/h3-4,6-7,10-11,13H,5,8-9,12H2,1-2H3,(H,17,19)/t13-/m0/s1. The van der Waals surface area contributed by atoms with Crippen LogP contribution in [0.5, 0.6) is 0 Å². The zero-order valence-electron chi connectivity index (χ0n) is 11.7. The molecule has 1 aromatic rings. The van der Waals surface area contributed by atoms with Gasteiger partial charge in [0.1, 0.15) is 0 Å². The normalized spacial score (nSPS) is 18.6. The van der Waals surface area contributed by atoms with E-state index in [1.165, 1.54) is 0 Å². The summed E-state index contributed by atoms with van der Waals surface area (Å²) in [6.45, 7) is 0.834. The predicted octanol–water partition coefficient (Wildman–Crippen LogP) is 3.04. The van der Waals surface area contributed by atoms with E-state index in [1.54, 1.807) is 0 Å². The molecule has 1 N–H and O–H groups in total. The fourth-order valence-electron chi connectivity index (χ4n) is 2.39. The van der Waals surface area contributed by atoms with E-state index < -0.39 is 0 Å². The van der Waals surface area contributed by atoms with Gasteiger partial charge in [0.25, 0.3) is 0 Å². The Morgan fingerprint density at radius 1 is 1.32 bits per heavy atom. The van der Waals surface area contributed by atoms with E-state index in [0.717, 1.165) is 37.1 Å². The number of amides is 1. The largest absolute Gasteiger partial charge is 0.326 e. The van der Waals surface area contributed by atoms with E-state index in [-0.39, 0.29) is 11.8 Å². The van der Waals surface area contributed by atoms with Crippen molar-refractivity contribution in [2.24, 2.45) is 5.92 Å². The molecule has 1 amide bonds. The lowest BCUT2D eigenvalue weighted by molar-refractivity contribution is -0.120. The Kier molecular flexibility index (Phi) is 4.74. The number of carbonyl (C=O) groups is 1. The highest BCUT2D eigenvalue weighted by atomic mass is 16.1. The number of benzene rings is 1. The Hall–Kier alpha value is -1.61. The van der Waals surface area contributed by atoms with Gasteiger partial charge in [-0.15, -0.1) is 0 Å². The highest BCUT2D eigenvalue weighted by Crippen LogP contribution is 2.22. The summed E-state index contributed by atoms with van der Waals surface area (Å²) >= 11 is 0. The Balaban J connectivity index is 2.05. The van der Waals surface area contributed by atoms with Gasteiger partial charge in [0.2, 0.25) is 5.91 Å². The van der Waals surface area contributed by atoms with Gasteiger partial charge in [0.05, 0.1) is 0 Å². The van der Waals surface area contributed by atoms with E-state index >= 15 is 0 Å². The maximum Gasteiger partial charge on any atom is 0.227 e. The smallest absolute Gasteiger partial charge is 0.227 e. The summed E-state index contributed by atoms with van der Waals surface area (Å²) in [6.07, 6.45) is 7.10. The number of allylic oxidation sites excluding steroid dienone is 2. The molecule has 3 heteroatoms. The van der Waals surface area contributed by atoms with Gasteiger partial charge in [-0.25, -0.2) is 0 Å². The predicted molar refractivity (Wildman–Crippen MR) is 78.9 cm³/mol. The quantitative estimate of drug-likeness (QED) is 0.842. The molecule has 102 valence electrons. The van der Waals surface area contributed by atoms with Crippen molar-refractivity contribution in [3.05, 3.63) is 42.0 Å². The molecule has 0 saturated heterocycles. The first-order chi connectivity index (χ1) is 9.16. The second-order valence-electron chi connectivity index (χ2n) is 5.37. The maximum absolute atomic E-state index is 12.2. The summed E-state index contributed by atoms with van der Waals surface area (Å²) in [4.78, 5) is 14.4. The number of nitrogens with zero attached hydrogens (tertiary/aromatic N) is 1. The third kappa shape index (κ3) is 3.93. The average Bonchev–Trinajstić information content (AvgIpc) is 2.41. The molecule has 0 aromatic heterocycles. The highest BCUT2D eigenvalue weighted by Gasteiger charge is 2.19. The van der Waals surface area contributed by atoms with Gasteiger partial charge in [0, 0.05) is 18.2 Å². The fourth-order valence-corrected chi connectivity index (χ4v) is 2.39. The van der Waals surface area contributed by atoms with Crippen molar-refractivity contribution in [1.82, 2.24) is 4.90 Å². The lowest BCUT2D eigenvalue weighted by Gasteiger charge is -2.19. The number of anilines is 1. The van der Waals surface area contributed by atoms with Crippen molar-refractivity contribution in [1.29, 1.82) is 0 Å². The van der Waals surface area contributed by atoms with E-state index in [4.69, 9.17) is 0 Å². The SMILES string of the molecule is CN(C)Cc1ccccc1NC(=O)[C@H]1CC=CCC1. The van der Waals surface area contributed by atoms with Crippen LogP contribution >= 0.6 is 0 Å². The first kappa shape index (κ1) is 13.8. The minimum absolute atomic E-state index is 0.123. The Bertz CT molecular complexity index is 466.